The summed E-state index contributed by atoms with van der Waals surface area (Å²) in [4.78, 5) is 13.6. The van der Waals surface area contributed by atoms with Crippen molar-refractivity contribution in [3.05, 3.63) is 34.5 Å². The quantitative estimate of drug-likeness (QED) is 0.626. The fourth-order valence-corrected chi connectivity index (χ4v) is 2.02. The van der Waals surface area contributed by atoms with Gasteiger partial charge in [0.2, 0.25) is 0 Å². The lowest BCUT2D eigenvalue weighted by molar-refractivity contribution is 0.0771. The van der Waals surface area contributed by atoms with Crippen molar-refractivity contribution >= 4 is 17.2 Å². The molecule has 0 unspecified atom stereocenters. The van der Waals surface area contributed by atoms with Gasteiger partial charge in [0, 0.05) is 18.5 Å². The fraction of sp³-hybridized carbons (Fsp3) is 0.300. The summed E-state index contributed by atoms with van der Waals surface area (Å²) in [5, 5.41) is 3.84. The minimum absolute atomic E-state index is 0.158. The van der Waals surface area contributed by atoms with Gasteiger partial charge in [0.15, 0.2) is 0 Å². The lowest BCUT2D eigenvalue weighted by Crippen LogP contribution is -2.33. The number of hydrogen-bond donors (Lipinski definition) is 0. The van der Waals surface area contributed by atoms with E-state index in [1.54, 1.807) is 11.3 Å². The summed E-state index contributed by atoms with van der Waals surface area (Å²) in [6, 6.07) is 1.88. The van der Waals surface area contributed by atoms with E-state index in [2.05, 4.69) is 6.08 Å². The SMILES string of the molecule is O=C(c1ccsc1)N1CC=CCC1. The third-order valence-corrected chi connectivity index (χ3v) is 2.80. The maximum Gasteiger partial charge on any atom is 0.254 e. The van der Waals surface area contributed by atoms with E-state index in [0.29, 0.717) is 0 Å². The summed E-state index contributed by atoms with van der Waals surface area (Å²) in [7, 11) is 0. The van der Waals surface area contributed by atoms with Crippen LogP contribution in [0.25, 0.3) is 0 Å². The highest BCUT2D eigenvalue weighted by Gasteiger charge is 2.15. The zero-order valence-electron chi connectivity index (χ0n) is 7.27. The molecule has 0 spiro atoms. The van der Waals surface area contributed by atoms with Gasteiger partial charge in [0.05, 0.1) is 5.56 Å². The number of carbonyl (C=O) groups excluding carboxylic acids is 1. The van der Waals surface area contributed by atoms with Crippen LogP contribution in [0.15, 0.2) is 29.0 Å². The largest absolute Gasteiger partial charge is 0.335 e. The van der Waals surface area contributed by atoms with Crippen LogP contribution in [0.5, 0.6) is 0 Å². The third kappa shape index (κ3) is 1.80. The minimum Gasteiger partial charge on any atom is -0.335 e. The normalized spacial score (nSPS) is 16.2. The van der Waals surface area contributed by atoms with Crippen LogP contribution in [0.4, 0.5) is 0 Å². The second-order valence-corrected chi connectivity index (χ2v) is 3.80. The Bertz CT molecular complexity index is 316. The molecular formula is C10H11NOS. The molecule has 1 aliphatic heterocycles. The fourth-order valence-electron chi connectivity index (χ4n) is 1.39. The van der Waals surface area contributed by atoms with Crippen molar-refractivity contribution in [3.63, 3.8) is 0 Å². The Morgan fingerprint density at radius 2 is 2.38 bits per heavy atom. The van der Waals surface area contributed by atoms with E-state index in [4.69, 9.17) is 0 Å². The Morgan fingerprint density at radius 1 is 1.46 bits per heavy atom. The van der Waals surface area contributed by atoms with E-state index in [0.717, 1.165) is 25.1 Å². The average molecular weight is 193 g/mol. The van der Waals surface area contributed by atoms with Crippen molar-refractivity contribution < 1.29 is 4.79 Å². The highest BCUT2D eigenvalue weighted by Crippen LogP contribution is 2.11. The highest BCUT2D eigenvalue weighted by atomic mass is 32.1. The van der Waals surface area contributed by atoms with Crippen molar-refractivity contribution in [1.82, 2.24) is 4.90 Å². The van der Waals surface area contributed by atoms with Gasteiger partial charge in [0.1, 0.15) is 0 Å². The number of rotatable bonds is 1. The summed E-state index contributed by atoms with van der Waals surface area (Å²) in [5.41, 5.74) is 0.820. The summed E-state index contributed by atoms with van der Waals surface area (Å²) < 4.78 is 0. The lowest BCUT2D eigenvalue weighted by atomic mass is 10.2. The maximum absolute atomic E-state index is 11.8. The van der Waals surface area contributed by atoms with Gasteiger partial charge in [-0.3, -0.25) is 4.79 Å². The number of hydrogen-bond acceptors (Lipinski definition) is 2. The molecule has 0 aliphatic carbocycles. The second-order valence-electron chi connectivity index (χ2n) is 3.02. The Balaban J connectivity index is 2.09. The number of carbonyl (C=O) groups is 1. The van der Waals surface area contributed by atoms with Gasteiger partial charge in [0.25, 0.3) is 5.91 Å². The molecule has 0 atom stereocenters. The predicted octanol–water partition coefficient (Wildman–Crippen LogP) is 2.15. The summed E-state index contributed by atoms with van der Waals surface area (Å²) in [6.45, 7) is 1.61. The number of thiophene rings is 1. The molecule has 1 aromatic rings. The topological polar surface area (TPSA) is 20.3 Å². The van der Waals surface area contributed by atoms with Crippen LogP contribution in [0.3, 0.4) is 0 Å². The monoisotopic (exact) mass is 193 g/mol. The number of nitrogens with zero attached hydrogens (tertiary/aromatic N) is 1. The van der Waals surface area contributed by atoms with Crippen LogP contribution < -0.4 is 0 Å². The average Bonchev–Trinajstić information content (AvgIpc) is 2.71. The lowest BCUT2D eigenvalue weighted by Gasteiger charge is -2.22. The predicted molar refractivity (Wildman–Crippen MR) is 54.0 cm³/mol. The van der Waals surface area contributed by atoms with Crippen LogP contribution in [0, 0.1) is 0 Å². The highest BCUT2D eigenvalue weighted by molar-refractivity contribution is 7.08. The third-order valence-electron chi connectivity index (χ3n) is 2.11. The summed E-state index contributed by atoms with van der Waals surface area (Å²) >= 11 is 1.57. The summed E-state index contributed by atoms with van der Waals surface area (Å²) in [6.07, 6.45) is 5.15. The van der Waals surface area contributed by atoms with Gasteiger partial charge in [-0.15, -0.1) is 0 Å². The van der Waals surface area contributed by atoms with E-state index >= 15 is 0 Å². The van der Waals surface area contributed by atoms with Gasteiger partial charge in [-0.25, -0.2) is 0 Å². The van der Waals surface area contributed by atoms with E-state index in [1.807, 2.05) is 27.8 Å². The molecule has 1 amide bonds. The molecule has 13 heavy (non-hydrogen) atoms. The van der Waals surface area contributed by atoms with Gasteiger partial charge < -0.3 is 4.90 Å². The molecule has 1 aliphatic rings. The van der Waals surface area contributed by atoms with Crippen LogP contribution in [-0.4, -0.2) is 23.9 Å². The van der Waals surface area contributed by atoms with Crippen molar-refractivity contribution in [2.24, 2.45) is 0 Å². The molecule has 0 radical (unpaired) electrons. The van der Waals surface area contributed by atoms with Crippen molar-refractivity contribution in [2.75, 3.05) is 13.1 Å². The molecule has 0 saturated heterocycles. The molecule has 1 aromatic heterocycles. The minimum atomic E-state index is 0.158. The summed E-state index contributed by atoms with van der Waals surface area (Å²) in [5.74, 6) is 0.158. The first kappa shape index (κ1) is 8.51. The molecular weight excluding hydrogens is 182 g/mol. The molecule has 68 valence electrons. The Kier molecular flexibility index (Phi) is 2.45. The second kappa shape index (κ2) is 3.75. The molecule has 3 heteroatoms. The van der Waals surface area contributed by atoms with Crippen molar-refractivity contribution in [1.29, 1.82) is 0 Å². The van der Waals surface area contributed by atoms with E-state index in [9.17, 15) is 4.79 Å². The van der Waals surface area contributed by atoms with Gasteiger partial charge in [-0.1, -0.05) is 12.2 Å². The Hall–Kier alpha value is -1.09. The molecule has 0 N–H and O–H groups in total. The maximum atomic E-state index is 11.8. The van der Waals surface area contributed by atoms with Gasteiger partial charge in [-0.05, 0) is 17.9 Å². The molecule has 0 saturated carbocycles. The molecule has 2 rings (SSSR count). The van der Waals surface area contributed by atoms with Crippen LogP contribution in [0.1, 0.15) is 16.8 Å². The van der Waals surface area contributed by atoms with E-state index < -0.39 is 0 Å². The Morgan fingerprint density at radius 3 is 3.00 bits per heavy atom. The molecule has 2 nitrogen and oxygen atoms in total. The standard InChI is InChI=1S/C10H11NOS/c12-10(9-4-7-13-8-9)11-5-2-1-3-6-11/h1-2,4,7-8H,3,5-6H2. The first-order chi connectivity index (χ1) is 6.38. The number of amides is 1. The molecule has 0 bridgehead atoms. The van der Waals surface area contributed by atoms with Crippen molar-refractivity contribution in [2.45, 2.75) is 6.42 Å². The van der Waals surface area contributed by atoms with Crippen LogP contribution in [-0.2, 0) is 0 Å². The first-order valence-electron chi connectivity index (χ1n) is 4.34. The van der Waals surface area contributed by atoms with Crippen LogP contribution in [0.2, 0.25) is 0 Å². The first-order valence-corrected chi connectivity index (χ1v) is 5.28. The van der Waals surface area contributed by atoms with Gasteiger partial charge in [-0.2, -0.15) is 11.3 Å². The van der Waals surface area contributed by atoms with Crippen molar-refractivity contribution in [3.8, 4) is 0 Å². The smallest absolute Gasteiger partial charge is 0.254 e. The molecule has 0 fully saturated rings. The zero-order chi connectivity index (χ0) is 9.10. The van der Waals surface area contributed by atoms with Gasteiger partial charge >= 0.3 is 0 Å². The van der Waals surface area contributed by atoms with Crippen LogP contribution >= 0.6 is 11.3 Å². The molecule has 2 heterocycles. The zero-order valence-corrected chi connectivity index (χ0v) is 8.09. The Labute approximate surface area is 81.5 Å². The van der Waals surface area contributed by atoms with E-state index in [-0.39, 0.29) is 5.91 Å². The van der Waals surface area contributed by atoms with E-state index in [1.165, 1.54) is 0 Å². The molecule has 0 aromatic carbocycles.